The summed E-state index contributed by atoms with van der Waals surface area (Å²) in [6.45, 7) is 2.85. The van der Waals surface area contributed by atoms with E-state index in [1.54, 1.807) is 16.8 Å². The van der Waals surface area contributed by atoms with Crippen LogP contribution < -0.4 is 5.32 Å². The molecule has 2 aromatic heterocycles. The lowest BCUT2D eigenvalue weighted by atomic mass is 10.3. The van der Waals surface area contributed by atoms with Gasteiger partial charge in [-0.3, -0.25) is 0 Å². The topological polar surface area (TPSA) is 75.2 Å². The molecule has 94 valence electrons. The number of fused-ring (bicyclic) bond motifs is 1. The van der Waals surface area contributed by atoms with Crippen molar-refractivity contribution >= 4 is 23.2 Å². The van der Waals surface area contributed by atoms with Crippen molar-refractivity contribution in [2.24, 2.45) is 0 Å². The van der Waals surface area contributed by atoms with Crippen LogP contribution in [0.5, 0.6) is 0 Å². The fourth-order valence-corrected chi connectivity index (χ4v) is 2.08. The van der Waals surface area contributed by atoms with Crippen molar-refractivity contribution in [3.8, 4) is 6.07 Å². The molecule has 6 nitrogen and oxygen atoms in total. The average Bonchev–Trinajstić information content (AvgIpc) is 2.86. The van der Waals surface area contributed by atoms with Gasteiger partial charge in [-0.25, -0.2) is 4.98 Å². The van der Waals surface area contributed by atoms with Crippen LogP contribution in [0.3, 0.4) is 0 Å². The molecule has 0 spiro atoms. The third-order valence-corrected chi connectivity index (χ3v) is 3.03. The van der Waals surface area contributed by atoms with Crippen LogP contribution in [0.1, 0.15) is 12.5 Å². The molecule has 2 aromatic rings. The Bertz CT molecular complexity index is 589. The molecular formula is C11H13N5OS. The molecule has 0 aliphatic carbocycles. The maximum absolute atomic E-state index is 9.26. The maximum atomic E-state index is 9.26. The number of aromatic nitrogens is 3. The first-order valence-electron chi connectivity index (χ1n) is 5.45. The van der Waals surface area contributed by atoms with Crippen LogP contribution in [0.25, 0.3) is 5.65 Å². The lowest BCUT2D eigenvalue weighted by molar-refractivity contribution is 0.166. The molecule has 0 radical (unpaired) electrons. The smallest absolute Gasteiger partial charge is 0.158 e. The van der Waals surface area contributed by atoms with Gasteiger partial charge in [-0.15, -0.1) is 11.8 Å². The largest absolute Gasteiger partial charge is 0.362 e. The van der Waals surface area contributed by atoms with Gasteiger partial charge in [0.15, 0.2) is 11.5 Å². The van der Waals surface area contributed by atoms with Crippen LogP contribution in [0, 0.1) is 11.3 Å². The van der Waals surface area contributed by atoms with E-state index in [1.165, 1.54) is 11.8 Å². The quantitative estimate of drug-likeness (QED) is 0.383. The van der Waals surface area contributed by atoms with Gasteiger partial charge in [-0.05, 0) is 13.2 Å². The fourth-order valence-electron chi connectivity index (χ4n) is 1.55. The summed E-state index contributed by atoms with van der Waals surface area (Å²) in [5, 5.41) is 17.2. The standard InChI is InChI=1S/C11H13N5OS/c1-3-17-7-13-10-8(6-12)11(18-2)15-9-4-5-14-16(9)10/h4-5,13H,3,7H2,1-2H3. The Hall–Kier alpha value is -1.78. The summed E-state index contributed by atoms with van der Waals surface area (Å²) in [5.41, 5.74) is 1.19. The Morgan fingerprint density at radius 3 is 3.11 bits per heavy atom. The molecule has 1 N–H and O–H groups in total. The summed E-state index contributed by atoms with van der Waals surface area (Å²) in [5.74, 6) is 0.616. The van der Waals surface area contributed by atoms with Crippen LogP contribution >= 0.6 is 11.8 Å². The first-order chi connectivity index (χ1) is 8.81. The fraction of sp³-hybridized carbons (Fsp3) is 0.364. The predicted molar refractivity (Wildman–Crippen MR) is 69.6 cm³/mol. The van der Waals surface area contributed by atoms with E-state index in [0.29, 0.717) is 35.4 Å². The minimum absolute atomic E-state index is 0.331. The SMILES string of the molecule is CCOCNc1c(C#N)c(SC)nc2ccnn12. The van der Waals surface area contributed by atoms with E-state index < -0.39 is 0 Å². The lowest BCUT2D eigenvalue weighted by Crippen LogP contribution is -2.12. The van der Waals surface area contributed by atoms with Crippen LogP contribution in [0.15, 0.2) is 17.3 Å². The minimum atomic E-state index is 0.331. The third kappa shape index (κ3) is 2.25. The zero-order valence-electron chi connectivity index (χ0n) is 10.2. The normalized spacial score (nSPS) is 10.5. The molecule has 0 aromatic carbocycles. The van der Waals surface area contributed by atoms with Crippen molar-refractivity contribution in [3.63, 3.8) is 0 Å². The second-order valence-corrected chi connectivity index (χ2v) is 4.17. The number of nitriles is 1. The van der Waals surface area contributed by atoms with Crippen molar-refractivity contribution in [1.82, 2.24) is 14.6 Å². The molecule has 0 fully saturated rings. The number of anilines is 1. The molecule has 0 bridgehead atoms. The Morgan fingerprint density at radius 2 is 2.44 bits per heavy atom. The van der Waals surface area contributed by atoms with Gasteiger partial charge in [0.25, 0.3) is 0 Å². The Kier molecular flexibility index (Phi) is 4.02. The zero-order chi connectivity index (χ0) is 13.0. The van der Waals surface area contributed by atoms with Crippen molar-refractivity contribution in [2.75, 3.05) is 24.9 Å². The summed E-state index contributed by atoms with van der Waals surface area (Å²) in [6.07, 6.45) is 3.54. The molecule has 0 unspecified atom stereocenters. The molecular weight excluding hydrogens is 250 g/mol. The molecule has 0 aliphatic rings. The maximum Gasteiger partial charge on any atom is 0.158 e. The second-order valence-electron chi connectivity index (χ2n) is 3.37. The number of ether oxygens (including phenoxy) is 1. The predicted octanol–water partition coefficient (Wildman–Crippen LogP) is 1.73. The molecule has 0 saturated carbocycles. The van der Waals surface area contributed by atoms with E-state index in [2.05, 4.69) is 21.5 Å². The highest BCUT2D eigenvalue weighted by atomic mass is 32.2. The lowest BCUT2D eigenvalue weighted by Gasteiger charge is -2.11. The first kappa shape index (κ1) is 12.7. The van der Waals surface area contributed by atoms with Gasteiger partial charge in [-0.1, -0.05) is 0 Å². The van der Waals surface area contributed by atoms with Gasteiger partial charge in [0, 0.05) is 12.7 Å². The molecule has 2 rings (SSSR count). The number of rotatable bonds is 5. The van der Waals surface area contributed by atoms with Crippen molar-refractivity contribution in [1.29, 1.82) is 5.26 Å². The van der Waals surface area contributed by atoms with E-state index in [0.717, 1.165) is 0 Å². The van der Waals surface area contributed by atoms with Crippen molar-refractivity contribution in [3.05, 3.63) is 17.8 Å². The number of nitrogens with zero attached hydrogens (tertiary/aromatic N) is 4. The third-order valence-electron chi connectivity index (χ3n) is 2.35. The number of nitrogens with one attached hydrogen (secondary N) is 1. The average molecular weight is 263 g/mol. The van der Waals surface area contributed by atoms with Gasteiger partial charge in [-0.2, -0.15) is 14.9 Å². The molecule has 0 amide bonds. The van der Waals surface area contributed by atoms with Crippen molar-refractivity contribution in [2.45, 2.75) is 11.9 Å². The molecule has 7 heteroatoms. The number of hydrogen-bond acceptors (Lipinski definition) is 6. The molecule has 0 atom stereocenters. The van der Waals surface area contributed by atoms with E-state index in [1.807, 2.05) is 13.2 Å². The van der Waals surface area contributed by atoms with Crippen LogP contribution in [0.4, 0.5) is 5.82 Å². The van der Waals surface area contributed by atoms with Gasteiger partial charge < -0.3 is 10.1 Å². The van der Waals surface area contributed by atoms with Gasteiger partial charge >= 0.3 is 0 Å². The molecule has 2 heterocycles. The van der Waals surface area contributed by atoms with Crippen LogP contribution in [-0.2, 0) is 4.74 Å². The number of thioether (sulfide) groups is 1. The second kappa shape index (κ2) is 5.71. The highest BCUT2D eigenvalue weighted by Crippen LogP contribution is 2.25. The summed E-state index contributed by atoms with van der Waals surface area (Å²) >= 11 is 1.44. The van der Waals surface area contributed by atoms with Gasteiger partial charge in [0.2, 0.25) is 0 Å². The minimum Gasteiger partial charge on any atom is -0.362 e. The van der Waals surface area contributed by atoms with Gasteiger partial charge in [0.05, 0.1) is 6.20 Å². The van der Waals surface area contributed by atoms with Gasteiger partial charge in [0.1, 0.15) is 23.4 Å². The summed E-state index contributed by atoms with van der Waals surface area (Å²) in [6, 6.07) is 3.96. The number of hydrogen-bond donors (Lipinski definition) is 1. The Morgan fingerprint density at radius 1 is 1.61 bits per heavy atom. The van der Waals surface area contributed by atoms with E-state index >= 15 is 0 Å². The van der Waals surface area contributed by atoms with Crippen LogP contribution in [-0.4, -0.2) is 34.2 Å². The van der Waals surface area contributed by atoms with E-state index in [4.69, 9.17) is 4.74 Å². The highest BCUT2D eigenvalue weighted by Gasteiger charge is 2.14. The summed E-state index contributed by atoms with van der Waals surface area (Å²) in [4.78, 5) is 4.37. The monoisotopic (exact) mass is 263 g/mol. The molecule has 0 saturated heterocycles. The molecule has 0 aliphatic heterocycles. The van der Waals surface area contributed by atoms with Crippen LogP contribution in [0.2, 0.25) is 0 Å². The Labute approximate surface area is 109 Å². The highest BCUT2D eigenvalue weighted by molar-refractivity contribution is 7.98. The van der Waals surface area contributed by atoms with Crippen molar-refractivity contribution < 1.29 is 4.74 Å². The first-order valence-corrected chi connectivity index (χ1v) is 6.67. The Balaban J connectivity index is 2.51. The van der Waals surface area contributed by atoms with E-state index in [-0.39, 0.29) is 0 Å². The molecule has 18 heavy (non-hydrogen) atoms. The summed E-state index contributed by atoms with van der Waals surface area (Å²) < 4.78 is 6.86. The summed E-state index contributed by atoms with van der Waals surface area (Å²) in [7, 11) is 0. The van der Waals surface area contributed by atoms with E-state index in [9.17, 15) is 5.26 Å². The zero-order valence-corrected chi connectivity index (χ0v) is 11.0.